The van der Waals surface area contributed by atoms with Crippen LogP contribution in [0.25, 0.3) is 0 Å². The first-order chi connectivity index (χ1) is 16.0. The number of nitrogens with zero attached hydrogens (tertiary/aromatic N) is 3. The minimum atomic E-state index is -0.0175. The summed E-state index contributed by atoms with van der Waals surface area (Å²) in [6.45, 7) is 4.41. The molecular weight excluding hydrogens is 434 g/mol. The summed E-state index contributed by atoms with van der Waals surface area (Å²) in [5, 5.41) is 7.19. The molecule has 1 aliphatic heterocycles. The predicted molar refractivity (Wildman–Crippen MR) is 133 cm³/mol. The first-order valence-corrected chi connectivity index (χ1v) is 11.0. The van der Waals surface area contributed by atoms with Gasteiger partial charge in [0.25, 0.3) is 5.91 Å². The molecule has 164 valence electrons. The number of amides is 1. The molecule has 0 atom stereocenters. The Labute approximate surface area is 197 Å². The number of fused-ring (bicyclic) bond motifs is 1. The maximum atomic E-state index is 13.2. The highest BCUT2D eigenvalue weighted by Gasteiger charge is 2.28. The van der Waals surface area contributed by atoms with E-state index in [1.54, 1.807) is 17.3 Å². The van der Waals surface area contributed by atoms with Crippen molar-refractivity contribution in [2.75, 3.05) is 15.5 Å². The average Bonchev–Trinajstić information content (AvgIpc) is 3.13. The lowest BCUT2D eigenvalue weighted by molar-refractivity contribution is 0.0996. The largest absolute Gasteiger partial charge is 0.355 e. The topological polar surface area (TPSA) is 70.2 Å². The lowest BCUT2D eigenvalue weighted by Crippen LogP contribution is -2.22. The number of anilines is 5. The van der Waals surface area contributed by atoms with Crippen molar-refractivity contribution in [3.8, 4) is 0 Å². The van der Waals surface area contributed by atoms with Crippen LogP contribution in [0.1, 0.15) is 27.3 Å². The van der Waals surface area contributed by atoms with Crippen LogP contribution in [0.5, 0.6) is 0 Å². The lowest BCUT2D eigenvalue weighted by atomic mass is 10.1. The molecule has 33 heavy (non-hydrogen) atoms. The Morgan fingerprint density at radius 2 is 1.58 bits per heavy atom. The standard InChI is InChI=1S/C26H22ClN5O/c1-16-11-21(9-10-28-16)30-19-5-7-22(8-6-19)32-15-18-3-4-20(13-23(18)26(32)33)31-25-12-17(2)29-14-24(25)27/h3-14H,15H2,1-2H3,(H,28,30)(H,29,31). The highest BCUT2D eigenvalue weighted by Crippen LogP contribution is 2.33. The molecule has 2 aromatic heterocycles. The molecule has 0 unspecified atom stereocenters. The normalized spacial score (nSPS) is 12.6. The van der Waals surface area contributed by atoms with E-state index in [4.69, 9.17) is 11.6 Å². The number of pyridine rings is 2. The van der Waals surface area contributed by atoms with E-state index in [9.17, 15) is 4.79 Å². The van der Waals surface area contributed by atoms with Gasteiger partial charge < -0.3 is 15.5 Å². The molecule has 4 aromatic rings. The number of benzene rings is 2. The predicted octanol–water partition coefficient (Wildman–Crippen LogP) is 6.39. The fourth-order valence-corrected chi connectivity index (χ4v) is 4.05. The van der Waals surface area contributed by atoms with Gasteiger partial charge in [-0.3, -0.25) is 14.8 Å². The van der Waals surface area contributed by atoms with E-state index in [0.717, 1.165) is 45.4 Å². The van der Waals surface area contributed by atoms with Gasteiger partial charge in [-0.25, -0.2) is 0 Å². The highest BCUT2D eigenvalue weighted by molar-refractivity contribution is 6.33. The Kier molecular flexibility index (Phi) is 5.44. The summed E-state index contributed by atoms with van der Waals surface area (Å²) in [4.78, 5) is 23.4. The summed E-state index contributed by atoms with van der Waals surface area (Å²) in [5.74, 6) is -0.0175. The monoisotopic (exact) mass is 455 g/mol. The molecule has 0 saturated carbocycles. The summed E-state index contributed by atoms with van der Waals surface area (Å²) in [6.07, 6.45) is 3.40. The van der Waals surface area contributed by atoms with E-state index < -0.39 is 0 Å². The van der Waals surface area contributed by atoms with E-state index in [-0.39, 0.29) is 5.91 Å². The fourth-order valence-electron chi connectivity index (χ4n) is 3.90. The van der Waals surface area contributed by atoms with Crippen LogP contribution < -0.4 is 15.5 Å². The van der Waals surface area contributed by atoms with Gasteiger partial charge in [-0.05, 0) is 74.0 Å². The number of hydrogen-bond acceptors (Lipinski definition) is 5. The number of carbonyl (C=O) groups is 1. The third-order valence-corrected chi connectivity index (χ3v) is 5.85. The van der Waals surface area contributed by atoms with Crippen molar-refractivity contribution in [1.82, 2.24) is 9.97 Å². The molecule has 3 heterocycles. The SMILES string of the molecule is Cc1cc(Nc2ccc(N3Cc4ccc(Nc5cc(C)ncc5Cl)cc4C3=O)cc2)ccn1. The molecule has 0 spiro atoms. The molecule has 0 bridgehead atoms. The Balaban J connectivity index is 1.33. The highest BCUT2D eigenvalue weighted by atomic mass is 35.5. The Morgan fingerprint density at radius 3 is 2.36 bits per heavy atom. The van der Waals surface area contributed by atoms with E-state index in [1.165, 1.54) is 0 Å². The van der Waals surface area contributed by atoms with Gasteiger partial charge in [-0.15, -0.1) is 0 Å². The van der Waals surface area contributed by atoms with Crippen molar-refractivity contribution in [3.05, 3.63) is 101 Å². The van der Waals surface area contributed by atoms with Crippen molar-refractivity contribution >= 4 is 45.9 Å². The summed E-state index contributed by atoms with van der Waals surface area (Å²) in [7, 11) is 0. The van der Waals surface area contributed by atoms with Crippen LogP contribution in [0, 0.1) is 13.8 Å². The van der Waals surface area contributed by atoms with Crippen molar-refractivity contribution in [1.29, 1.82) is 0 Å². The van der Waals surface area contributed by atoms with Crippen LogP contribution in [0.15, 0.2) is 73.1 Å². The fraction of sp³-hybridized carbons (Fsp3) is 0.115. The Morgan fingerprint density at radius 1 is 0.848 bits per heavy atom. The van der Waals surface area contributed by atoms with Crippen LogP contribution >= 0.6 is 11.6 Å². The minimum Gasteiger partial charge on any atom is -0.355 e. The second kappa shape index (κ2) is 8.56. The number of aryl methyl sites for hydroxylation is 2. The van der Waals surface area contributed by atoms with Gasteiger partial charge in [0.1, 0.15) is 0 Å². The summed E-state index contributed by atoms with van der Waals surface area (Å²) in [6, 6.07) is 19.5. The van der Waals surface area contributed by atoms with Gasteiger partial charge in [0.15, 0.2) is 0 Å². The van der Waals surface area contributed by atoms with Crippen LogP contribution in [-0.4, -0.2) is 15.9 Å². The maximum Gasteiger partial charge on any atom is 0.259 e. The summed E-state index contributed by atoms with van der Waals surface area (Å²) < 4.78 is 0. The van der Waals surface area contributed by atoms with Gasteiger partial charge in [0.2, 0.25) is 0 Å². The van der Waals surface area contributed by atoms with Crippen molar-refractivity contribution in [3.63, 3.8) is 0 Å². The average molecular weight is 456 g/mol. The molecule has 1 aliphatic rings. The van der Waals surface area contributed by atoms with Crippen molar-refractivity contribution in [2.24, 2.45) is 0 Å². The molecule has 0 radical (unpaired) electrons. The Bertz CT molecular complexity index is 1350. The zero-order chi connectivity index (χ0) is 22.9. The molecule has 0 saturated heterocycles. The number of carbonyl (C=O) groups excluding carboxylic acids is 1. The second-order valence-corrected chi connectivity index (χ2v) is 8.46. The third-order valence-electron chi connectivity index (χ3n) is 5.55. The van der Waals surface area contributed by atoms with E-state index in [2.05, 4.69) is 20.6 Å². The van der Waals surface area contributed by atoms with Crippen LogP contribution in [-0.2, 0) is 6.54 Å². The Hall–Kier alpha value is -3.90. The van der Waals surface area contributed by atoms with Gasteiger partial charge in [-0.2, -0.15) is 0 Å². The molecule has 0 aliphatic carbocycles. The van der Waals surface area contributed by atoms with Crippen molar-refractivity contribution < 1.29 is 4.79 Å². The number of rotatable bonds is 5. The molecule has 2 N–H and O–H groups in total. The molecule has 2 aromatic carbocycles. The first-order valence-electron chi connectivity index (χ1n) is 10.6. The number of halogens is 1. The smallest absolute Gasteiger partial charge is 0.259 e. The summed E-state index contributed by atoms with van der Waals surface area (Å²) in [5.41, 5.74) is 7.86. The minimum absolute atomic E-state index is 0.0175. The lowest BCUT2D eigenvalue weighted by Gasteiger charge is -2.16. The van der Waals surface area contributed by atoms with Crippen molar-refractivity contribution in [2.45, 2.75) is 20.4 Å². The zero-order valence-electron chi connectivity index (χ0n) is 18.3. The molecule has 6 nitrogen and oxygen atoms in total. The van der Waals surface area contributed by atoms with E-state index in [0.29, 0.717) is 17.1 Å². The maximum absolute atomic E-state index is 13.2. The van der Waals surface area contributed by atoms with Gasteiger partial charge in [-0.1, -0.05) is 17.7 Å². The summed E-state index contributed by atoms with van der Waals surface area (Å²) >= 11 is 6.26. The molecular formula is C26H22ClN5O. The molecule has 5 rings (SSSR count). The van der Waals surface area contributed by atoms with Gasteiger partial charge in [0.05, 0.1) is 17.3 Å². The number of nitrogens with one attached hydrogen (secondary N) is 2. The van der Waals surface area contributed by atoms with Crippen LogP contribution in [0.2, 0.25) is 5.02 Å². The number of hydrogen-bond donors (Lipinski definition) is 2. The first kappa shape index (κ1) is 21.0. The third kappa shape index (κ3) is 4.38. The quantitative estimate of drug-likeness (QED) is 0.364. The van der Waals surface area contributed by atoms with Gasteiger partial charge >= 0.3 is 0 Å². The second-order valence-electron chi connectivity index (χ2n) is 8.05. The van der Waals surface area contributed by atoms with Crippen LogP contribution in [0.3, 0.4) is 0 Å². The molecule has 7 heteroatoms. The van der Waals surface area contributed by atoms with Crippen LogP contribution in [0.4, 0.5) is 28.4 Å². The molecule has 0 fully saturated rings. The zero-order valence-corrected chi connectivity index (χ0v) is 19.0. The van der Waals surface area contributed by atoms with E-state index >= 15 is 0 Å². The molecule has 1 amide bonds. The van der Waals surface area contributed by atoms with Gasteiger partial charge in [0, 0.05) is 52.1 Å². The van der Waals surface area contributed by atoms with E-state index in [1.807, 2.05) is 74.5 Å². The number of aromatic nitrogens is 2.